The second-order valence-corrected chi connectivity index (χ2v) is 6.14. The molecule has 1 aromatic heterocycles. The number of sulfonamides is 1. The monoisotopic (exact) mass is 327 g/mol. The Morgan fingerprint density at radius 1 is 1.22 bits per heavy atom. The maximum atomic E-state index is 12.0. The minimum Gasteiger partial charge on any atom is -0.262 e. The Morgan fingerprint density at radius 3 is 2.61 bits per heavy atom. The van der Waals surface area contributed by atoms with Gasteiger partial charge in [0.2, 0.25) is 0 Å². The van der Waals surface area contributed by atoms with E-state index in [-0.39, 0.29) is 10.7 Å². The molecule has 7 heteroatoms. The molecule has 0 saturated heterocycles. The van der Waals surface area contributed by atoms with Crippen molar-refractivity contribution in [3.05, 3.63) is 46.8 Å². The summed E-state index contributed by atoms with van der Waals surface area (Å²) < 4.78 is 27.0. The number of benzene rings is 1. The van der Waals surface area contributed by atoms with Crippen LogP contribution in [0.15, 0.2) is 46.2 Å². The third-order valence-corrected chi connectivity index (χ3v) is 3.92. The zero-order valence-electron chi connectivity index (χ0n) is 9.46. The first-order valence-corrected chi connectivity index (χ1v) is 7.32. The van der Waals surface area contributed by atoms with E-state index in [0.717, 1.165) is 5.56 Å². The van der Waals surface area contributed by atoms with Crippen molar-refractivity contribution in [2.75, 3.05) is 4.72 Å². The van der Waals surface area contributed by atoms with Crippen molar-refractivity contribution in [2.24, 2.45) is 0 Å². The third-order valence-electron chi connectivity index (χ3n) is 2.16. The van der Waals surface area contributed by atoms with Gasteiger partial charge in [-0.1, -0.05) is 12.1 Å². The van der Waals surface area contributed by atoms with Gasteiger partial charge < -0.3 is 0 Å². The van der Waals surface area contributed by atoms with Crippen molar-refractivity contribution in [1.29, 1.82) is 0 Å². The lowest BCUT2D eigenvalue weighted by Gasteiger charge is -2.07. The molecule has 0 aliphatic heterocycles. The van der Waals surface area contributed by atoms with Gasteiger partial charge in [-0.25, -0.2) is 18.4 Å². The molecule has 0 saturated carbocycles. The second kappa shape index (κ2) is 5.03. The first kappa shape index (κ1) is 13.0. The van der Waals surface area contributed by atoms with Crippen LogP contribution in [0.1, 0.15) is 5.56 Å². The van der Waals surface area contributed by atoms with Gasteiger partial charge >= 0.3 is 0 Å². The number of nitrogens with zero attached hydrogens (tertiary/aromatic N) is 2. The average Bonchev–Trinajstić information content (AvgIpc) is 2.32. The molecule has 2 aromatic rings. The van der Waals surface area contributed by atoms with Crippen LogP contribution in [-0.4, -0.2) is 18.4 Å². The van der Waals surface area contributed by atoms with Gasteiger partial charge in [0.05, 0.1) is 17.3 Å². The minimum atomic E-state index is -3.62. The summed E-state index contributed by atoms with van der Waals surface area (Å²) in [6.45, 7) is 1.83. The normalized spacial score (nSPS) is 11.2. The van der Waals surface area contributed by atoms with Crippen molar-refractivity contribution in [3.63, 3.8) is 0 Å². The fourth-order valence-electron chi connectivity index (χ4n) is 1.34. The van der Waals surface area contributed by atoms with Gasteiger partial charge in [0.15, 0.2) is 5.82 Å². The predicted molar refractivity (Wildman–Crippen MR) is 71.7 cm³/mol. The van der Waals surface area contributed by atoms with Crippen LogP contribution in [0.2, 0.25) is 0 Å². The van der Waals surface area contributed by atoms with Crippen molar-refractivity contribution in [3.8, 4) is 0 Å². The molecule has 18 heavy (non-hydrogen) atoms. The number of rotatable bonds is 3. The fourth-order valence-corrected chi connectivity index (χ4v) is 2.65. The Balaban J connectivity index is 2.30. The van der Waals surface area contributed by atoms with Gasteiger partial charge in [-0.2, -0.15) is 0 Å². The molecule has 0 aliphatic carbocycles. The summed E-state index contributed by atoms with van der Waals surface area (Å²) in [5, 5.41) is 0. The number of hydrogen-bond acceptors (Lipinski definition) is 4. The number of anilines is 1. The molecule has 0 radical (unpaired) electrons. The first-order valence-electron chi connectivity index (χ1n) is 5.04. The van der Waals surface area contributed by atoms with Crippen LogP contribution in [0.3, 0.4) is 0 Å². The molecule has 94 valence electrons. The molecule has 2 rings (SSSR count). The molecule has 0 bridgehead atoms. The first-order chi connectivity index (χ1) is 8.47. The maximum absolute atomic E-state index is 12.0. The molecule has 0 amide bonds. The smallest absolute Gasteiger partial charge is 0.262 e. The van der Waals surface area contributed by atoms with Gasteiger partial charge in [0, 0.05) is 0 Å². The Morgan fingerprint density at radius 2 is 2.00 bits per heavy atom. The zero-order chi connectivity index (χ0) is 13.2. The van der Waals surface area contributed by atoms with Crippen LogP contribution in [0.5, 0.6) is 0 Å². The van der Waals surface area contributed by atoms with Crippen molar-refractivity contribution < 1.29 is 8.42 Å². The Hall–Kier alpha value is -1.47. The molecule has 0 spiro atoms. The van der Waals surface area contributed by atoms with Crippen molar-refractivity contribution in [1.82, 2.24) is 9.97 Å². The fraction of sp³-hybridized carbons (Fsp3) is 0.0909. The van der Waals surface area contributed by atoms with Crippen LogP contribution in [0.25, 0.3) is 0 Å². The molecule has 0 atom stereocenters. The quantitative estimate of drug-likeness (QED) is 0.939. The van der Waals surface area contributed by atoms with Crippen LogP contribution in [0, 0.1) is 6.92 Å². The second-order valence-electron chi connectivity index (χ2n) is 3.65. The molecular weight excluding hydrogens is 318 g/mol. The number of aromatic nitrogens is 2. The number of hydrogen-bond donors (Lipinski definition) is 1. The summed E-state index contributed by atoms with van der Waals surface area (Å²) in [7, 11) is -3.62. The molecule has 0 aliphatic rings. The summed E-state index contributed by atoms with van der Waals surface area (Å²) >= 11 is 3.13. The third kappa shape index (κ3) is 3.05. The molecule has 0 fully saturated rings. The van der Waals surface area contributed by atoms with Gasteiger partial charge in [0.25, 0.3) is 10.0 Å². The van der Waals surface area contributed by atoms with E-state index in [2.05, 4.69) is 30.6 Å². The summed E-state index contributed by atoms with van der Waals surface area (Å²) in [6.07, 6.45) is 2.77. The lowest BCUT2D eigenvalue weighted by atomic mass is 10.2. The summed E-state index contributed by atoms with van der Waals surface area (Å²) in [5.41, 5.74) is 0.875. The largest absolute Gasteiger partial charge is 0.263 e. The SMILES string of the molecule is Cc1cccc(S(=O)(=O)Nc2cnc(Br)cn2)c1. The summed E-state index contributed by atoms with van der Waals surface area (Å²) in [5.74, 6) is 0.180. The van der Waals surface area contributed by atoms with E-state index in [0.29, 0.717) is 4.60 Å². The van der Waals surface area contributed by atoms with Crippen LogP contribution < -0.4 is 4.72 Å². The summed E-state index contributed by atoms with van der Waals surface area (Å²) in [6, 6.07) is 6.64. The van der Waals surface area contributed by atoms with Crippen LogP contribution in [-0.2, 0) is 10.0 Å². The van der Waals surface area contributed by atoms with E-state index in [4.69, 9.17) is 0 Å². The van der Waals surface area contributed by atoms with E-state index < -0.39 is 10.0 Å². The van der Waals surface area contributed by atoms with E-state index >= 15 is 0 Å². The molecule has 1 N–H and O–H groups in total. The Kier molecular flexibility index (Phi) is 3.63. The molecule has 5 nitrogen and oxygen atoms in total. The predicted octanol–water partition coefficient (Wildman–Crippen LogP) is 2.35. The molecule has 0 unspecified atom stereocenters. The van der Waals surface area contributed by atoms with Crippen LogP contribution in [0.4, 0.5) is 5.82 Å². The van der Waals surface area contributed by atoms with E-state index in [1.807, 2.05) is 13.0 Å². The number of aryl methyl sites for hydroxylation is 1. The minimum absolute atomic E-state index is 0.180. The molecule has 1 heterocycles. The highest BCUT2D eigenvalue weighted by Crippen LogP contribution is 2.15. The highest BCUT2D eigenvalue weighted by Gasteiger charge is 2.14. The van der Waals surface area contributed by atoms with Gasteiger partial charge in [0.1, 0.15) is 4.60 Å². The Bertz CT molecular complexity index is 656. The standard InChI is InChI=1S/C11H10BrN3O2S/c1-8-3-2-4-9(5-8)18(16,17)15-11-7-13-10(12)6-14-11/h2-7H,1H3,(H,14,15). The maximum Gasteiger partial charge on any atom is 0.263 e. The van der Waals surface area contributed by atoms with Gasteiger partial charge in [-0.3, -0.25) is 4.72 Å². The van der Waals surface area contributed by atoms with Crippen LogP contribution >= 0.6 is 15.9 Å². The highest BCUT2D eigenvalue weighted by molar-refractivity contribution is 9.10. The summed E-state index contributed by atoms with van der Waals surface area (Å²) in [4.78, 5) is 8.01. The van der Waals surface area contributed by atoms with Gasteiger partial charge in [-0.15, -0.1) is 0 Å². The number of nitrogens with one attached hydrogen (secondary N) is 1. The lowest BCUT2D eigenvalue weighted by Crippen LogP contribution is -2.14. The van der Waals surface area contributed by atoms with E-state index in [1.165, 1.54) is 18.5 Å². The average molecular weight is 328 g/mol. The zero-order valence-corrected chi connectivity index (χ0v) is 11.9. The van der Waals surface area contributed by atoms with Crippen molar-refractivity contribution >= 4 is 31.8 Å². The Labute approximate surface area is 113 Å². The highest BCUT2D eigenvalue weighted by atomic mass is 79.9. The molecular formula is C11H10BrN3O2S. The lowest BCUT2D eigenvalue weighted by molar-refractivity contribution is 0.601. The van der Waals surface area contributed by atoms with E-state index in [9.17, 15) is 8.42 Å². The molecule has 1 aromatic carbocycles. The van der Waals surface area contributed by atoms with Gasteiger partial charge in [-0.05, 0) is 40.5 Å². The number of halogens is 1. The topological polar surface area (TPSA) is 72.0 Å². The van der Waals surface area contributed by atoms with E-state index in [1.54, 1.807) is 12.1 Å². The van der Waals surface area contributed by atoms with Crippen molar-refractivity contribution in [2.45, 2.75) is 11.8 Å².